The van der Waals surface area contributed by atoms with Gasteiger partial charge in [-0.25, -0.2) is 13.8 Å². The minimum absolute atomic E-state index is 0.0759. The second kappa shape index (κ2) is 3.62. The summed E-state index contributed by atoms with van der Waals surface area (Å²) in [4.78, 5) is 2.95. The molecule has 0 saturated carbocycles. The Hall–Kier alpha value is -0.290. The monoisotopic (exact) mass is 259 g/mol. The van der Waals surface area contributed by atoms with E-state index in [1.165, 1.54) is 0 Å². The summed E-state index contributed by atoms with van der Waals surface area (Å²) in [5, 5.41) is -0.292. The average molecular weight is 260 g/mol. The smallest absolute Gasteiger partial charge is 0.217 e. The van der Waals surface area contributed by atoms with E-state index >= 15 is 0 Å². The highest BCUT2D eigenvalue weighted by atomic mass is 79.9. The Kier molecular flexibility index (Phi) is 2.95. The van der Waals surface area contributed by atoms with Crippen molar-refractivity contribution in [2.75, 3.05) is 0 Å². The van der Waals surface area contributed by atoms with Gasteiger partial charge in [0.05, 0.1) is 0 Å². The van der Waals surface area contributed by atoms with Crippen LogP contribution in [0.1, 0.15) is 12.1 Å². The highest BCUT2D eigenvalue weighted by Gasteiger charge is 2.14. The standard InChI is InChI=1S/C6H2BrClF3N/c7-2-1-3(5(9)10)12-6(11)4(2)8/h1,5H. The minimum Gasteiger partial charge on any atom is -0.217 e. The number of nitrogens with zero attached hydrogens (tertiary/aromatic N) is 1. The summed E-state index contributed by atoms with van der Waals surface area (Å²) >= 11 is 8.14. The topological polar surface area (TPSA) is 12.9 Å². The van der Waals surface area contributed by atoms with Crippen LogP contribution in [0, 0.1) is 5.95 Å². The molecule has 0 aliphatic rings. The molecule has 1 aromatic heterocycles. The number of halogens is 5. The number of pyridine rings is 1. The second-order valence-corrected chi connectivity index (χ2v) is 3.17. The Morgan fingerprint density at radius 1 is 1.50 bits per heavy atom. The van der Waals surface area contributed by atoms with Crippen LogP contribution in [0.4, 0.5) is 13.2 Å². The number of hydrogen-bond acceptors (Lipinski definition) is 1. The summed E-state index contributed by atoms with van der Waals surface area (Å²) < 4.78 is 36.6. The number of aromatic nitrogens is 1. The molecular formula is C6H2BrClF3N. The predicted octanol–water partition coefficient (Wildman–Crippen LogP) is 3.57. The molecule has 0 spiro atoms. The molecule has 12 heavy (non-hydrogen) atoms. The van der Waals surface area contributed by atoms with Crippen molar-refractivity contribution in [3.05, 3.63) is 27.2 Å². The maximum atomic E-state index is 12.6. The molecule has 0 bridgehead atoms. The van der Waals surface area contributed by atoms with E-state index in [9.17, 15) is 13.2 Å². The van der Waals surface area contributed by atoms with Crippen LogP contribution >= 0.6 is 27.5 Å². The molecule has 0 aliphatic heterocycles. The summed E-state index contributed by atoms with van der Waals surface area (Å²) in [7, 11) is 0. The van der Waals surface area contributed by atoms with Crippen molar-refractivity contribution in [3.63, 3.8) is 0 Å². The van der Waals surface area contributed by atoms with E-state index in [0.29, 0.717) is 0 Å². The fourth-order valence-corrected chi connectivity index (χ4v) is 1.09. The Morgan fingerprint density at radius 3 is 2.50 bits per heavy atom. The van der Waals surface area contributed by atoms with E-state index in [4.69, 9.17) is 11.6 Å². The van der Waals surface area contributed by atoms with Crippen LogP contribution in [-0.2, 0) is 0 Å². The molecule has 0 aliphatic carbocycles. The van der Waals surface area contributed by atoms with Gasteiger partial charge in [0.15, 0.2) is 0 Å². The third-order valence-corrected chi connectivity index (χ3v) is 2.33. The average Bonchev–Trinajstić information content (AvgIpc) is 1.99. The lowest BCUT2D eigenvalue weighted by Gasteiger charge is -2.01. The van der Waals surface area contributed by atoms with E-state index in [1.807, 2.05) is 0 Å². The molecule has 0 N–H and O–H groups in total. The molecule has 0 atom stereocenters. The maximum absolute atomic E-state index is 12.6. The molecule has 0 unspecified atom stereocenters. The Bertz CT molecular complexity index is 282. The van der Waals surface area contributed by atoms with Crippen LogP contribution in [-0.4, -0.2) is 4.98 Å². The van der Waals surface area contributed by atoms with Crippen LogP contribution in [0.2, 0.25) is 5.02 Å². The van der Waals surface area contributed by atoms with Crippen LogP contribution in [0.3, 0.4) is 0 Å². The van der Waals surface area contributed by atoms with E-state index < -0.39 is 18.1 Å². The molecule has 0 amide bonds. The summed E-state index contributed by atoms with van der Waals surface area (Å²) in [5.74, 6) is -1.10. The minimum atomic E-state index is -2.80. The molecule has 0 saturated heterocycles. The van der Waals surface area contributed by atoms with Gasteiger partial charge >= 0.3 is 0 Å². The predicted molar refractivity (Wildman–Crippen MR) is 41.9 cm³/mol. The van der Waals surface area contributed by atoms with Crippen molar-refractivity contribution in [2.24, 2.45) is 0 Å². The molecule has 1 nitrogen and oxygen atoms in total. The molecule has 0 radical (unpaired) electrons. The fraction of sp³-hybridized carbons (Fsp3) is 0.167. The highest BCUT2D eigenvalue weighted by Crippen LogP contribution is 2.28. The van der Waals surface area contributed by atoms with E-state index in [0.717, 1.165) is 6.07 Å². The normalized spacial score (nSPS) is 10.8. The number of alkyl halides is 2. The lowest BCUT2D eigenvalue weighted by atomic mass is 10.3. The van der Waals surface area contributed by atoms with Gasteiger partial charge in [0.25, 0.3) is 6.43 Å². The fourth-order valence-electron chi connectivity index (χ4n) is 0.598. The van der Waals surface area contributed by atoms with Crippen molar-refractivity contribution in [1.82, 2.24) is 4.98 Å². The zero-order valence-electron chi connectivity index (χ0n) is 5.49. The maximum Gasteiger partial charge on any atom is 0.280 e. The van der Waals surface area contributed by atoms with Gasteiger partial charge in [-0.05, 0) is 22.0 Å². The first kappa shape index (κ1) is 9.80. The van der Waals surface area contributed by atoms with Gasteiger partial charge in [0.1, 0.15) is 10.7 Å². The summed E-state index contributed by atoms with van der Waals surface area (Å²) in [6, 6.07) is 0.982. The van der Waals surface area contributed by atoms with Gasteiger partial charge in [0.2, 0.25) is 5.95 Å². The van der Waals surface area contributed by atoms with Crippen LogP contribution < -0.4 is 0 Å². The zero-order valence-corrected chi connectivity index (χ0v) is 7.83. The Morgan fingerprint density at radius 2 is 2.08 bits per heavy atom. The number of hydrogen-bond donors (Lipinski definition) is 0. The first-order chi connectivity index (χ1) is 5.52. The molecule has 1 aromatic rings. The van der Waals surface area contributed by atoms with Crippen molar-refractivity contribution in [3.8, 4) is 0 Å². The van der Waals surface area contributed by atoms with Gasteiger partial charge in [-0.1, -0.05) is 11.6 Å². The van der Waals surface area contributed by atoms with E-state index in [2.05, 4.69) is 20.9 Å². The first-order valence-electron chi connectivity index (χ1n) is 2.82. The van der Waals surface area contributed by atoms with Gasteiger partial charge in [0, 0.05) is 4.47 Å². The third-order valence-electron chi connectivity index (χ3n) is 1.12. The third kappa shape index (κ3) is 1.90. The van der Waals surface area contributed by atoms with Crippen LogP contribution in [0.15, 0.2) is 10.5 Å². The second-order valence-electron chi connectivity index (χ2n) is 1.93. The van der Waals surface area contributed by atoms with Gasteiger partial charge in [-0.2, -0.15) is 4.39 Å². The molecular weight excluding hydrogens is 258 g/mol. The molecule has 66 valence electrons. The molecule has 0 fully saturated rings. The van der Waals surface area contributed by atoms with Gasteiger partial charge < -0.3 is 0 Å². The van der Waals surface area contributed by atoms with Crippen LogP contribution in [0.5, 0.6) is 0 Å². The zero-order chi connectivity index (χ0) is 9.30. The van der Waals surface area contributed by atoms with Gasteiger partial charge in [-0.15, -0.1) is 0 Å². The SMILES string of the molecule is Fc1nc(C(F)F)cc(Br)c1Cl. The van der Waals surface area contributed by atoms with E-state index in [1.54, 1.807) is 0 Å². The lowest BCUT2D eigenvalue weighted by Crippen LogP contribution is -1.94. The molecule has 0 aromatic carbocycles. The lowest BCUT2D eigenvalue weighted by molar-refractivity contribution is 0.144. The summed E-state index contributed by atoms with van der Waals surface area (Å²) in [5.41, 5.74) is -0.635. The Labute approximate surface area is 79.7 Å². The first-order valence-corrected chi connectivity index (χ1v) is 3.99. The molecule has 6 heteroatoms. The quantitative estimate of drug-likeness (QED) is 0.703. The molecule has 1 heterocycles. The van der Waals surface area contributed by atoms with Crippen LogP contribution in [0.25, 0.3) is 0 Å². The number of rotatable bonds is 1. The van der Waals surface area contributed by atoms with Crippen molar-refractivity contribution in [1.29, 1.82) is 0 Å². The summed E-state index contributed by atoms with van der Waals surface area (Å²) in [6.45, 7) is 0. The van der Waals surface area contributed by atoms with Crippen molar-refractivity contribution >= 4 is 27.5 Å². The highest BCUT2D eigenvalue weighted by molar-refractivity contribution is 9.10. The van der Waals surface area contributed by atoms with Crippen molar-refractivity contribution < 1.29 is 13.2 Å². The molecule has 1 rings (SSSR count). The van der Waals surface area contributed by atoms with Gasteiger partial charge in [-0.3, -0.25) is 0 Å². The van der Waals surface area contributed by atoms with E-state index in [-0.39, 0.29) is 9.50 Å². The summed E-state index contributed by atoms with van der Waals surface area (Å²) in [6.07, 6.45) is -2.80. The Balaban J connectivity index is 3.21. The van der Waals surface area contributed by atoms with Crippen molar-refractivity contribution in [2.45, 2.75) is 6.43 Å². The largest absolute Gasteiger partial charge is 0.280 e.